The Hall–Kier alpha value is -0.830. The molecule has 0 aromatic carbocycles. The number of carbonyl (C=O) groups is 1. The van der Waals surface area contributed by atoms with E-state index in [2.05, 4.69) is 39.6 Å². The number of carbonyl (C=O) groups excluding carboxylic acids is 1. The molecule has 0 atom stereocenters. The molecule has 0 aromatic rings. The molecule has 1 rings (SSSR count). The van der Waals surface area contributed by atoms with Crippen LogP contribution in [0, 0.1) is 5.92 Å². The number of carboxylic acids is 1. The standard InChI is InChI=1S/C14H25NO2/c1-10(12(16)17)7-11-8-13(2,3)15(6)14(4,5)9-11/h7,11H,8-9H2,1-6H3,(H,16,17)/p-1/b10-7+. The van der Waals surface area contributed by atoms with Gasteiger partial charge in [0, 0.05) is 11.1 Å². The van der Waals surface area contributed by atoms with E-state index in [1.165, 1.54) is 0 Å². The summed E-state index contributed by atoms with van der Waals surface area (Å²) in [6.07, 6.45) is 3.83. The van der Waals surface area contributed by atoms with Gasteiger partial charge in [-0.2, -0.15) is 0 Å². The Morgan fingerprint density at radius 3 is 2.00 bits per heavy atom. The number of carboxylic acid groups (broad SMARTS) is 1. The lowest BCUT2D eigenvalue weighted by molar-refractivity contribution is -0.299. The second-order valence-electron chi connectivity index (χ2n) is 6.49. The van der Waals surface area contributed by atoms with Crippen LogP contribution in [0.15, 0.2) is 11.6 Å². The first-order chi connectivity index (χ1) is 7.56. The second-order valence-corrected chi connectivity index (χ2v) is 6.49. The van der Waals surface area contributed by atoms with Gasteiger partial charge in [0.1, 0.15) is 0 Å². The molecule has 1 heterocycles. The third-order valence-electron chi connectivity index (χ3n) is 4.15. The Labute approximate surface area is 105 Å². The summed E-state index contributed by atoms with van der Waals surface area (Å²) in [7, 11) is 2.14. The van der Waals surface area contributed by atoms with E-state index in [9.17, 15) is 9.90 Å². The zero-order chi connectivity index (χ0) is 13.4. The zero-order valence-corrected chi connectivity index (χ0v) is 11.8. The summed E-state index contributed by atoms with van der Waals surface area (Å²) in [6.45, 7) is 10.5. The Bertz CT molecular complexity index is 324. The van der Waals surface area contributed by atoms with Crippen molar-refractivity contribution >= 4 is 5.97 Å². The van der Waals surface area contributed by atoms with Crippen molar-refractivity contribution in [1.82, 2.24) is 4.90 Å². The van der Waals surface area contributed by atoms with E-state index in [0.29, 0.717) is 11.5 Å². The van der Waals surface area contributed by atoms with Crippen molar-refractivity contribution in [2.45, 2.75) is 58.5 Å². The molecule has 17 heavy (non-hydrogen) atoms. The van der Waals surface area contributed by atoms with E-state index in [4.69, 9.17) is 0 Å². The fraction of sp³-hybridized carbons (Fsp3) is 0.786. The lowest BCUT2D eigenvalue weighted by Crippen LogP contribution is -2.58. The van der Waals surface area contributed by atoms with Crippen molar-refractivity contribution in [3.63, 3.8) is 0 Å². The van der Waals surface area contributed by atoms with Gasteiger partial charge in [0.05, 0.1) is 5.97 Å². The minimum atomic E-state index is -1.06. The lowest BCUT2D eigenvalue weighted by atomic mass is 9.73. The first-order valence-electron chi connectivity index (χ1n) is 6.20. The third-order valence-corrected chi connectivity index (χ3v) is 4.15. The van der Waals surface area contributed by atoms with Crippen LogP contribution in [0.25, 0.3) is 0 Å². The number of nitrogens with zero attached hydrogens (tertiary/aromatic N) is 1. The highest BCUT2D eigenvalue weighted by Gasteiger charge is 2.42. The SMILES string of the molecule is C/C(=C\C1CC(C)(C)N(C)C(C)(C)C1)C(=O)[O-]. The summed E-state index contributed by atoms with van der Waals surface area (Å²) in [5, 5.41) is 10.8. The molecule has 0 radical (unpaired) electrons. The van der Waals surface area contributed by atoms with Crippen LogP contribution < -0.4 is 5.11 Å². The number of likely N-dealkylation sites (tertiary alicyclic amines) is 1. The maximum Gasteiger partial charge on any atom is 0.0668 e. The number of allylic oxidation sites excluding steroid dienone is 1. The van der Waals surface area contributed by atoms with Gasteiger partial charge in [0.25, 0.3) is 0 Å². The summed E-state index contributed by atoms with van der Waals surface area (Å²) in [5.74, 6) is -0.742. The third kappa shape index (κ3) is 3.09. The summed E-state index contributed by atoms with van der Waals surface area (Å²) in [4.78, 5) is 13.2. The van der Waals surface area contributed by atoms with E-state index in [1.807, 2.05) is 6.08 Å². The maximum atomic E-state index is 10.8. The van der Waals surface area contributed by atoms with Crippen LogP contribution >= 0.6 is 0 Å². The van der Waals surface area contributed by atoms with Gasteiger partial charge in [0.15, 0.2) is 0 Å². The lowest BCUT2D eigenvalue weighted by Gasteiger charge is -2.53. The van der Waals surface area contributed by atoms with Gasteiger partial charge in [0.2, 0.25) is 0 Å². The Morgan fingerprint density at radius 2 is 1.65 bits per heavy atom. The first kappa shape index (κ1) is 14.2. The van der Waals surface area contributed by atoms with Crippen molar-refractivity contribution < 1.29 is 9.90 Å². The highest BCUT2D eigenvalue weighted by molar-refractivity contribution is 5.83. The van der Waals surface area contributed by atoms with Crippen LogP contribution in [0.2, 0.25) is 0 Å². The first-order valence-corrected chi connectivity index (χ1v) is 6.20. The molecule has 0 amide bonds. The number of hydrogen-bond acceptors (Lipinski definition) is 3. The topological polar surface area (TPSA) is 43.4 Å². The maximum absolute atomic E-state index is 10.8. The largest absolute Gasteiger partial charge is 0.545 e. The normalized spacial score (nSPS) is 25.9. The van der Waals surface area contributed by atoms with Gasteiger partial charge in [-0.3, -0.25) is 4.90 Å². The predicted molar refractivity (Wildman–Crippen MR) is 67.4 cm³/mol. The van der Waals surface area contributed by atoms with Crippen LogP contribution in [0.5, 0.6) is 0 Å². The molecular weight excluding hydrogens is 214 g/mol. The van der Waals surface area contributed by atoms with Crippen molar-refractivity contribution in [1.29, 1.82) is 0 Å². The van der Waals surface area contributed by atoms with Crippen molar-refractivity contribution in [3.8, 4) is 0 Å². The van der Waals surface area contributed by atoms with E-state index < -0.39 is 5.97 Å². The summed E-state index contributed by atoms with van der Waals surface area (Å²) in [6, 6.07) is 0. The van der Waals surface area contributed by atoms with Gasteiger partial charge < -0.3 is 9.90 Å². The Kier molecular flexibility index (Phi) is 3.72. The molecule has 0 aromatic heterocycles. The highest BCUT2D eigenvalue weighted by atomic mass is 16.4. The number of aliphatic carboxylic acids is 1. The van der Waals surface area contributed by atoms with Gasteiger partial charge >= 0.3 is 0 Å². The molecule has 1 aliphatic rings. The molecule has 1 aliphatic heterocycles. The predicted octanol–water partition coefficient (Wildman–Crippen LogP) is 1.58. The molecular formula is C14H24NO2-. The van der Waals surface area contributed by atoms with Crippen molar-refractivity contribution in [2.75, 3.05) is 7.05 Å². The molecule has 0 spiro atoms. The highest BCUT2D eigenvalue weighted by Crippen LogP contribution is 2.40. The molecule has 98 valence electrons. The molecule has 1 saturated heterocycles. The van der Waals surface area contributed by atoms with E-state index in [-0.39, 0.29) is 11.1 Å². The fourth-order valence-corrected chi connectivity index (χ4v) is 2.99. The number of rotatable bonds is 2. The smallest absolute Gasteiger partial charge is 0.0668 e. The second kappa shape index (κ2) is 4.45. The van der Waals surface area contributed by atoms with Crippen LogP contribution in [-0.2, 0) is 4.79 Å². The molecule has 3 heteroatoms. The minimum Gasteiger partial charge on any atom is -0.545 e. The quantitative estimate of drug-likeness (QED) is 0.686. The molecule has 1 fully saturated rings. The van der Waals surface area contributed by atoms with Crippen LogP contribution in [0.3, 0.4) is 0 Å². The van der Waals surface area contributed by atoms with E-state index in [1.54, 1.807) is 6.92 Å². The van der Waals surface area contributed by atoms with Gasteiger partial charge in [-0.15, -0.1) is 0 Å². The zero-order valence-electron chi connectivity index (χ0n) is 11.8. The number of piperidine rings is 1. The van der Waals surface area contributed by atoms with Crippen molar-refractivity contribution in [3.05, 3.63) is 11.6 Å². The van der Waals surface area contributed by atoms with Gasteiger partial charge in [-0.1, -0.05) is 6.08 Å². The fourth-order valence-electron chi connectivity index (χ4n) is 2.99. The molecule has 3 nitrogen and oxygen atoms in total. The average molecular weight is 238 g/mol. The molecule has 0 bridgehead atoms. The molecule has 0 unspecified atom stereocenters. The monoisotopic (exact) mass is 238 g/mol. The van der Waals surface area contributed by atoms with Crippen molar-refractivity contribution in [2.24, 2.45) is 5.92 Å². The Balaban J connectivity index is 2.93. The van der Waals surface area contributed by atoms with Gasteiger partial charge in [-0.05, 0) is 66.0 Å². The van der Waals surface area contributed by atoms with Gasteiger partial charge in [-0.25, -0.2) is 0 Å². The van der Waals surface area contributed by atoms with Crippen LogP contribution in [0.1, 0.15) is 47.5 Å². The average Bonchev–Trinajstić information content (AvgIpc) is 2.12. The Morgan fingerprint density at radius 1 is 1.24 bits per heavy atom. The summed E-state index contributed by atoms with van der Waals surface area (Å²) < 4.78 is 0. The number of hydrogen-bond donors (Lipinski definition) is 0. The molecule has 0 aliphatic carbocycles. The van der Waals surface area contributed by atoms with Crippen LogP contribution in [-0.4, -0.2) is 29.0 Å². The van der Waals surface area contributed by atoms with Crippen LogP contribution in [0.4, 0.5) is 0 Å². The molecule has 0 N–H and O–H groups in total. The molecule has 0 saturated carbocycles. The van der Waals surface area contributed by atoms with E-state index >= 15 is 0 Å². The summed E-state index contributed by atoms with van der Waals surface area (Å²) >= 11 is 0. The van der Waals surface area contributed by atoms with E-state index in [0.717, 1.165) is 12.8 Å². The summed E-state index contributed by atoms with van der Waals surface area (Å²) in [5.41, 5.74) is 0.538. The minimum absolute atomic E-state index is 0.0924.